The molecule has 1 unspecified atom stereocenters. The molecule has 1 heterocycles. The molecule has 0 spiro atoms. The van der Waals surface area contributed by atoms with Crippen molar-refractivity contribution in [1.82, 2.24) is 0 Å². The van der Waals surface area contributed by atoms with Crippen LogP contribution in [-0.4, -0.2) is 19.5 Å². The highest BCUT2D eigenvalue weighted by atomic mass is 16.5. The summed E-state index contributed by atoms with van der Waals surface area (Å²) in [7, 11) is 5.95. The number of hydrogen-bond donors (Lipinski definition) is 0. The lowest BCUT2D eigenvalue weighted by Crippen LogP contribution is -2.37. The molecule has 1 saturated heterocycles. The van der Waals surface area contributed by atoms with E-state index >= 15 is 0 Å². The van der Waals surface area contributed by atoms with Crippen LogP contribution in [0.25, 0.3) is 0 Å². The molecule has 0 aromatic rings. The maximum Gasteiger partial charge on any atom is 0.109 e. The lowest BCUT2D eigenvalue weighted by atomic mass is 9.68. The second kappa shape index (κ2) is 2.76. The molecule has 0 N–H and O–H groups in total. The zero-order chi connectivity index (χ0) is 8.77. The predicted octanol–water partition coefficient (Wildman–Crippen LogP) is 2.10. The molecule has 1 aliphatic heterocycles. The van der Waals surface area contributed by atoms with E-state index in [0.29, 0.717) is 11.8 Å². The lowest BCUT2D eigenvalue weighted by Gasteiger charge is -2.36. The van der Waals surface area contributed by atoms with E-state index in [1.807, 2.05) is 0 Å². The standard InChI is InChI=1S/C10H17BO/c1-3-10-6-4-5-8(7(10)2)9(11)12-10/h7-9H,3-6H2,1-2H3/t7-,8?,9-,10+/m1/s1. The normalized spacial score (nSPS) is 52.7. The Morgan fingerprint density at radius 2 is 2.33 bits per heavy atom. The minimum Gasteiger partial charge on any atom is -0.381 e. The van der Waals surface area contributed by atoms with Crippen LogP contribution >= 0.6 is 0 Å². The third-order valence-electron chi connectivity index (χ3n) is 4.00. The van der Waals surface area contributed by atoms with Crippen molar-refractivity contribution in [3.05, 3.63) is 0 Å². The molecule has 2 aliphatic rings. The van der Waals surface area contributed by atoms with Crippen LogP contribution in [0.3, 0.4) is 0 Å². The van der Waals surface area contributed by atoms with Gasteiger partial charge in [0.05, 0.1) is 5.60 Å². The van der Waals surface area contributed by atoms with Crippen molar-refractivity contribution in [2.24, 2.45) is 11.8 Å². The molecular weight excluding hydrogens is 147 g/mol. The highest BCUT2D eigenvalue weighted by molar-refractivity contribution is 6.11. The van der Waals surface area contributed by atoms with Gasteiger partial charge in [0.15, 0.2) is 0 Å². The zero-order valence-corrected chi connectivity index (χ0v) is 8.05. The van der Waals surface area contributed by atoms with Crippen molar-refractivity contribution in [2.75, 3.05) is 0 Å². The third-order valence-corrected chi connectivity index (χ3v) is 4.00. The van der Waals surface area contributed by atoms with Gasteiger partial charge in [-0.05, 0) is 31.1 Å². The summed E-state index contributed by atoms with van der Waals surface area (Å²) in [6.07, 6.45) is 4.91. The van der Waals surface area contributed by atoms with Gasteiger partial charge in [-0.2, -0.15) is 0 Å². The molecule has 0 amide bonds. The Labute approximate surface area is 76.3 Å². The summed E-state index contributed by atoms with van der Waals surface area (Å²) >= 11 is 0. The zero-order valence-electron chi connectivity index (χ0n) is 8.05. The van der Waals surface area contributed by atoms with Crippen LogP contribution < -0.4 is 0 Å². The van der Waals surface area contributed by atoms with E-state index in [-0.39, 0.29) is 11.6 Å². The van der Waals surface area contributed by atoms with E-state index in [2.05, 4.69) is 13.8 Å². The lowest BCUT2D eigenvalue weighted by molar-refractivity contribution is -0.0414. The molecule has 1 aliphatic carbocycles. The summed E-state index contributed by atoms with van der Waals surface area (Å²) in [4.78, 5) is 0. The van der Waals surface area contributed by atoms with E-state index in [1.54, 1.807) is 0 Å². The molecule has 1 nitrogen and oxygen atoms in total. The summed E-state index contributed by atoms with van der Waals surface area (Å²) in [5, 5.41) is 0. The molecular formula is C10H17BO. The van der Waals surface area contributed by atoms with Crippen LogP contribution in [-0.2, 0) is 4.74 Å². The van der Waals surface area contributed by atoms with Crippen molar-refractivity contribution in [1.29, 1.82) is 0 Å². The van der Waals surface area contributed by atoms with Gasteiger partial charge in [0, 0.05) is 6.00 Å². The summed E-state index contributed by atoms with van der Waals surface area (Å²) in [5.74, 6) is 1.30. The van der Waals surface area contributed by atoms with Crippen LogP contribution in [0, 0.1) is 11.8 Å². The first-order chi connectivity index (χ1) is 5.69. The highest BCUT2D eigenvalue weighted by Gasteiger charge is 2.51. The maximum absolute atomic E-state index is 5.95. The van der Waals surface area contributed by atoms with Gasteiger partial charge in [-0.15, -0.1) is 0 Å². The van der Waals surface area contributed by atoms with E-state index < -0.39 is 0 Å². The minimum absolute atomic E-state index is 0.0162. The molecule has 0 aromatic heterocycles. The molecule has 2 radical (unpaired) electrons. The molecule has 0 aromatic carbocycles. The van der Waals surface area contributed by atoms with Crippen LogP contribution in [0.2, 0.25) is 0 Å². The summed E-state index contributed by atoms with van der Waals surface area (Å²) in [5.41, 5.74) is 0.141. The van der Waals surface area contributed by atoms with Crippen molar-refractivity contribution in [3.63, 3.8) is 0 Å². The number of hydrogen-bond acceptors (Lipinski definition) is 1. The first-order valence-corrected chi connectivity index (χ1v) is 5.13. The fourth-order valence-corrected chi connectivity index (χ4v) is 3.06. The van der Waals surface area contributed by atoms with Crippen LogP contribution in [0.5, 0.6) is 0 Å². The van der Waals surface area contributed by atoms with Gasteiger partial charge >= 0.3 is 0 Å². The Balaban J connectivity index is 2.24. The van der Waals surface area contributed by atoms with E-state index in [1.165, 1.54) is 19.3 Å². The number of ether oxygens (including phenoxy) is 1. The molecule has 4 atom stereocenters. The van der Waals surface area contributed by atoms with Gasteiger partial charge in [0.25, 0.3) is 0 Å². The summed E-state index contributed by atoms with van der Waals surface area (Å²) in [6.45, 7) is 4.52. The molecule has 2 heteroatoms. The molecule has 66 valence electrons. The first-order valence-electron chi connectivity index (χ1n) is 5.13. The monoisotopic (exact) mass is 164 g/mol. The second-order valence-corrected chi connectivity index (χ2v) is 4.35. The van der Waals surface area contributed by atoms with Gasteiger partial charge in [-0.1, -0.05) is 20.3 Å². The van der Waals surface area contributed by atoms with E-state index in [0.717, 1.165) is 6.42 Å². The molecule has 2 bridgehead atoms. The van der Waals surface area contributed by atoms with Gasteiger partial charge in [-0.25, -0.2) is 0 Å². The molecule has 1 saturated carbocycles. The second-order valence-electron chi connectivity index (χ2n) is 4.35. The Hall–Kier alpha value is 0.0249. The minimum atomic E-state index is 0.0162. The first kappa shape index (κ1) is 8.62. The SMILES string of the molecule is [B][C@@H]1O[C@@]2(CC)CCCC1[C@H]2C. The van der Waals surface area contributed by atoms with Crippen LogP contribution in [0.1, 0.15) is 39.5 Å². The van der Waals surface area contributed by atoms with Crippen LogP contribution in [0.15, 0.2) is 0 Å². The van der Waals surface area contributed by atoms with Gasteiger partial charge in [-0.3, -0.25) is 0 Å². The van der Waals surface area contributed by atoms with Gasteiger partial charge in [0.1, 0.15) is 7.85 Å². The topological polar surface area (TPSA) is 9.23 Å². The predicted molar refractivity (Wildman–Crippen MR) is 50.2 cm³/mol. The average molecular weight is 164 g/mol. The highest BCUT2D eigenvalue weighted by Crippen LogP contribution is 2.50. The van der Waals surface area contributed by atoms with Crippen molar-refractivity contribution in [2.45, 2.75) is 51.1 Å². The number of rotatable bonds is 1. The Bertz CT molecular complexity index is 183. The Morgan fingerprint density at radius 1 is 1.58 bits per heavy atom. The number of fused-ring (bicyclic) bond motifs is 2. The molecule has 12 heavy (non-hydrogen) atoms. The van der Waals surface area contributed by atoms with Gasteiger partial charge in [0.2, 0.25) is 0 Å². The Kier molecular flexibility index (Phi) is 1.98. The Morgan fingerprint density at radius 3 is 2.92 bits per heavy atom. The van der Waals surface area contributed by atoms with Crippen LogP contribution in [0.4, 0.5) is 0 Å². The summed E-state index contributed by atoms with van der Waals surface area (Å²) in [6, 6.07) is 0.0162. The fraction of sp³-hybridized carbons (Fsp3) is 1.00. The maximum atomic E-state index is 5.95. The molecule has 2 rings (SSSR count). The van der Waals surface area contributed by atoms with Crippen molar-refractivity contribution < 1.29 is 4.74 Å². The smallest absolute Gasteiger partial charge is 0.109 e. The van der Waals surface area contributed by atoms with E-state index in [9.17, 15) is 0 Å². The molecule has 2 fully saturated rings. The quantitative estimate of drug-likeness (QED) is 0.539. The third kappa shape index (κ3) is 0.969. The summed E-state index contributed by atoms with van der Waals surface area (Å²) < 4.78 is 5.91. The largest absolute Gasteiger partial charge is 0.381 e. The average Bonchev–Trinajstić information content (AvgIpc) is 2.23. The van der Waals surface area contributed by atoms with E-state index in [4.69, 9.17) is 12.6 Å². The van der Waals surface area contributed by atoms with Crippen molar-refractivity contribution in [3.8, 4) is 0 Å². The fourth-order valence-electron chi connectivity index (χ4n) is 3.06. The van der Waals surface area contributed by atoms with Crippen molar-refractivity contribution >= 4 is 7.85 Å². The van der Waals surface area contributed by atoms with Gasteiger partial charge < -0.3 is 4.74 Å².